The van der Waals surface area contributed by atoms with Gasteiger partial charge in [-0.2, -0.15) is 0 Å². The molecule has 14 heteroatoms. The van der Waals surface area contributed by atoms with Crippen LogP contribution < -0.4 is 10.6 Å². The summed E-state index contributed by atoms with van der Waals surface area (Å²) in [6, 6.07) is 16.3. The second-order valence-electron chi connectivity index (χ2n) is 12.4. The first-order valence-corrected chi connectivity index (χ1v) is 17.7. The molecule has 0 radical (unpaired) electrons. The van der Waals surface area contributed by atoms with Gasteiger partial charge in [0.25, 0.3) is 5.91 Å². The first-order valence-electron chi connectivity index (χ1n) is 17.7. The molecule has 4 aromatic rings. The number of fused-ring (bicyclic) bond motifs is 1. The van der Waals surface area contributed by atoms with Crippen molar-refractivity contribution in [2.45, 2.75) is 25.4 Å². The highest BCUT2D eigenvalue weighted by Crippen LogP contribution is 2.46. The Morgan fingerprint density at radius 1 is 0.815 bits per heavy atom. The Bertz CT molecular complexity index is 1890. The van der Waals surface area contributed by atoms with Crippen molar-refractivity contribution >= 4 is 34.3 Å². The molecule has 1 saturated carbocycles. The van der Waals surface area contributed by atoms with Crippen molar-refractivity contribution in [3.8, 4) is 11.3 Å². The lowest BCUT2D eigenvalue weighted by molar-refractivity contribution is -0.135. The van der Waals surface area contributed by atoms with Crippen LogP contribution in [-0.4, -0.2) is 101 Å². The van der Waals surface area contributed by atoms with E-state index in [1.807, 2.05) is 12.1 Å². The average molecular weight is 749 g/mol. The van der Waals surface area contributed by atoms with Crippen molar-refractivity contribution in [2.75, 3.05) is 78.4 Å². The Kier molecular flexibility index (Phi) is 15.1. The number of hydrogen-bond donors (Lipinski definition) is 4. The second-order valence-corrected chi connectivity index (χ2v) is 12.4. The van der Waals surface area contributed by atoms with Gasteiger partial charge >= 0.3 is 5.97 Å². The maximum atomic E-state index is 13.6. The summed E-state index contributed by atoms with van der Waals surface area (Å²) in [5.41, 5.74) is 4.79. The number of amides is 1. The van der Waals surface area contributed by atoms with E-state index >= 15 is 0 Å². The normalized spacial score (nSPS) is 13.0. The van der Waals surface area contributed by atoms with Gasteiger partial charge in [0.05, 0.1) is 71.6 Å². The van der Waals surface area contributed by atoms with E-state index in [-0.39, 0.29) is 17.3 Å². The fourth-order valence-electron chi connectivity index (χ4n) is 5.56. The lowest BCUT2D eigenvalue weighted by Gasteiger charge is -2.13. The van der Waals surface area contributed by atoms with Gasteiger partial charge in [-0.25, -0.2) is 9.18 Å². The van der Waals surface area contributed by atoms with Gasteiger partial charge < -0.3 is 48.9 Å². The minimum Gasteiger partial charge on any atom is -0.502 e. The number of ketones is 1. The minimum absolute atomic E-state index is 0.253. The summed E-state index contributed by atoms with van der Waals surface area (Å²) in [6.45, 7) is 4.67. The molecule has 0 spiro atoms. The molecule has 0 atom stereocenters. The number of halogens is 1. The lowest BCUT2D eigenvalue weighted by Crippen LogP contribution is -2.18. The summed E-state index contributed by atoms with van der Waals surface area (Å²) >= 11 is 0. The third-order valence-electron chi connectivity index (χ3n) is 8.48. The van der Waals surface area contributed by atoms with Crippen LogP contribution in [0.1, 0.15) is 50.6 Å². The summed E-state index contributed by atoms with van der Waals surface area (Å²) in [5, 5.41) is 24.8. The number of hydrogen-bond acceptors (Lipinski definition) is 11. The summed E-state index contributed by atoms with van der Waals surface area (Å²) in [4.78, 5) is 35.5. The summed E-state index contributed by atoms with van der Waals surface area (Å²) in [6.07, 6.45) is 2.82. The molecule has 5 rings (SSSR count). The van der Waals surface area contributed by atoms with Crippen LogP contribution in [0.4, 0.5) is 10.1 Å². The van der Waals surface area contributed by atoms with Crippen LogP contribution in [0.3, 0.4) is 0 Å². The van der Waals surface area contributed by atoms with Crippen LogP contribution in [0, 0.1) is 5.82 Å². The Labute approximate surface area is 312 Å². The molecular weight excluding hydrogens is 703 g/mol. The number of nitrogens with one attached hydrogen (secondary N) is 2. The van der Waals surface area contributed by atoms with Crippen molar-refractivity contribution in [3.05, 3.63) is 101 Å². The maximum absolute atomic E-state index is 13.6. The van der Waals surface area contributed by atoms with Crippen molar-refractivity contribution in [2.24, 2.45) is 0 Å². The molecule has 4 N–H and O–H groups in total. The number of benzene rings is 3. The molecule has 1 amide bonds. The molecule has 1 aromatic heterocycles. The number of rotatable bonds is 24. The predicted molar refractivity (Wildman–Crippen MR) is 198 cm³/mol. The van der Waals surface area contributed by atoms with Crippen LogP contribution in [0.2, 0.25) is 0 Å². The van der Waals surface area contributed by atoms with E-state index in [1.54, 1.807) is 31.3 Å². The SMILES string of the molecule is CNC(=O)c1c(-c2ccc(F)cc2)oc2cc(NCCOCCOCCOCCOCCOCc3ccc(C(=O)/C=C(\O)C(=O)O)cc3)c(C3CC3)cc12. The highest BCUT2D eigenvalue weighted by atomic mass is 19.1. The summed E-state index contributed by atoms with van der Waals surface area (Å²) in [5.74, 6) is -3.00. The molecular formula is C40H45FN2O11. The first kappa shape index (κ1) is 40.1. The van der Waals surface area contributed by atoms with Gasteiger partial charge in [0.1, 0.15) is 17.2 Å². The zero-order chi connectivity index (χ0) is 38.3. The zero-order valence-electron chi connectivity index (χ0n) is 30.1. The van der Waals surface area contributed by atoms with E-state index in [1.165, 1.54) is 24.3 Å². The average Bonchev–Trinajstić information content (AvgIpc) is 3.96. The number of furan rings is 1. The predicted octanol–water partition coefficient (Wildman–Crippen LogP) is 5.88. The van der Waals surface area contributed by atoms with Gasteiger partial charge in [0, 0.05) is 47.9 Å². The maximum Gasteiger partial charge on any atom is 0.371 e. The third kappa shape index (κ3) is 11.7. The first-order chi connectivity index (χ1) is 26.2. The zero-order valence-corrected chi connectivity index (χ0v) is 30.1. The van der Waals surface area contributed by atoms with E-state index in [0.29, 0.717) is 107 Å². The molecule has 0 aliphatic heterocycles. The minimum atomic E-state index is -1.57. The van der Waals surface area contributed by atoms with Crippen LogP contribution in [0.25, 0.3) is 22.3 Å². The number of carboxylic acid groups (broad SMARTS) is 1. The van der Waals surface area contributed by atoms with E-state index < -0.39 is 17.5 Å². The largest absolute Gasteiger partial charge is 0.502 e. The molecule has 1 aliphatic rings. The Balaban J connectivity index is 0.905. The van der Waals surface area contributed by atoms with Crippen molar-refractivity contribution in [3.63, 3.8) is 0 Å². The molecule has 0 unspecified atom stereocenters. The highest BCUT2D eigenvalue weighted by Gasteiger charge is 2.29. The van der Waals surface area contributed by atoms with Crippen LogP contribution in [0.5, 0.6) is 0 Å². The van der Waals surface area contributed by atoms with Gasteiger partial charge in [0.15, 0.2) is 5.78 Å². The monoisotopic (exact) mass is 748 g/mol. The number of anilines is 1. The quantitative estimate of drug-likeness (QED) is 0.0290. The van der Waals surface area contributed by atoms with E-state index in [9.17, 15) is 23.9 Å². The molecule has 3 aromatic carbocycles. The van der Waals surface area contributed by atoms with Gasteiger partial charge in [-0.1, -0.05) is 24.3 Å². The molecule has 0 bridgehead atoms. The number of aliphatic hydroxyl groups excluding tert-OH is 1. The number of aliphatic hydroxyl groups is 1. The van der Waals surface area contributed by atoms with Crippen LogP contribution in [0.15, 0.2) is 76.9 Å². The number of allylic oxidation sites excluding steroid dienone is 1. The summed E-state index contributed by atoms with van der Waals surface area (Å²) in [7, 11) is 1.58. The van der Waals surface area contributed by atoms with Gasteiger partial charge in [-0.3, -0.25) is 9.59 Å². The second kappa shape index (κ2) is 20.4. The van der Waals surface area contributed by atoms with Crippen LogP contribution in [-0.2, 0) is 35.1 Å². The van der Waals surface area contributed by atoms with E-state index in [0.717, 1.165) is 35.0 Å². The number of ether oxygens (including phenoxy) is 5. The number of carbonyl (C=O) groups is 3. The Morgan fingerprint density at radius 3 is 1.98 bits per heavy atom. The fraction of sp³-hybridized carbons (Fsp3) is 0.375. The Hall–Kier alpha value is -5.12. The van der Waals surface area contributed by atoms with E-state index in [2.05, 4.69) is 10.6 Å². The molecule has 1 fully saturated rings. The van der Waals surface area contributed by atoms with Crippen molar-refractivity contribution in [1.82, 2.24) is 5.32 Å². The standard InChI is InChI=1S/C40H45FN2O11/c1-42-39(46)37-32-22-31(27-6-7-27)33(23-36(32)54-38(37)29-8-10-30(41)11-9-29)43-12-13-49-14-15-50-16-17-51-18-19-52-20-21-53-25-26-2-4-28(5-3-26)34(44)24-35(45)40(47)48/h2-5,8-11,22-24,27,43,45H,6-7,12-21,25H2,1H3,(H,42,46)(H,47,48)/b35-24-. The molecule has 1 aliphatic carbocycles. The third-order valence-corrected chi connectivity index (χ3v) is 8.48. The lowest BCUT2D eigenvalue weighted by atomic mass is 10.0. The highest BCUT2D eigenvalue weighted by molar-refractivity contribution is 6.12. The Morgan fingerprint density at radius 2 is 1.41 bits per heavy atom. The molecule has 54 heavy (non-hydrogen) atoms. The smallest absolute Gasteiger partial charge is 0.371 e. The number of aliphatic carboxylic acids is 1. The van der Waals surface area contributed by atoms with E-state index in [4.69, 9.17) is 33.2 Å². The molecule has 288 valence electrons. The molecule has 13 nitrogen and oxygen atoms in total. The van der Waals surface area contributed by atoms with Crippen molar-refractivity contribution in [1.29, 1.82) is 0 Å². The molecule has 0 saturated heterocycles. The number of carbonyl (C=O) groups excluding carboxylic acids is 2. The number of carboxylic acids is 1. The molecule has 1 heterocycles. The topological polar surface area (TPSA) is 175 Å². The van der Waals surface area contributed by atoms with Gasteiger partial charge in [-0.15, -0.1) is 0 Å². The van der Waals surface area contributed by atoms with Crippen molar-refractivity contribution < 1.29 is 57.1 Å². The van der Waals surface area contributed by atoms with Gasteiger partial charge in [0.2, 0.25) is 5.76 Å². The summed E-state index contributed by atoms with van der Waals surface area (Å²) < 4.78 is 47.7. The van der Waals surface area contributed by atoms with Crippen LogP contribution >= 0.6 is 0 Å². The fourth-order valence-corrected chi connectivity index (χ4v) is 5.56. The van der Waals surface area contributed by atoms with Gasteiger partial charge in [-0.05, 0) is 60.2 Å².